The quantitative estimate of drug-likeness (QED) is 0.557. The fraction of sp³-hybridized carbons (Fsp3) is 0.150. The number of nitrogens with one attached hydrogen (secondary N) is 2. The van der Waals surface area contributed by atoms with Crippen LogP contribution in [0.2, 0.25) is 0 Å². The lowest BCUT2D eigenvalue weighted by atomic mass is 10.1. The van der Waals surface area contributed by atoms with E-state index in [1.807, 2.05) is 48.3 Å². The third-order valence-corrected chi connectivity index (χ3v) is 4.39. The summed E-state index contributed by atoms with van der Waals surface area (Å²) in [5.74, 6) is 1.28. The lowest BCUT2D eigenvalue weighted by Gasteiger charge is -2.18. The summed E-state index contributed by atoms with van der Waals surface area (Å²) in [6, 6.07) is 18.4. The molecule has 0 unspecified atom stereocenters. The molecule has 0 fully saturated rings. The van der Waals surface area contributed by atoms with Crippen LogP contribution in [-0.4, -0.2) is 33.8 Å². The van der Waals surface area contributed by atoms with Crippen molar-refractivity contribution < 1.29 is 0 Å². The number of hydrogen-bond acceptors (Lipinski definition) is 5. The summed E-state index contributed by atoms with van der Waals surface area (Å²) >= 11 is 0. The van der Waals surface area contributed by atoms with Gasteiger partial charge in [-0.2, -0.15) is 10.1 Å². The van der Waals surface area contributed by atoms with Gasteiger partial charge in [-0.25, -0.2) is 0 Å². The molecule has 0 aliphatic carbocycles. The van der Waals surface area contributed by atoms with Crippen LogP contribution in [0.3, 0.4) is 0 Å². The van der Waals surface area contributed by atoms with Crippen molar-refractivity contribution in [2.24, 2.45) is 0 Å². The van der Waals surface area contributed by atoms with Gasteiger partial charge in [0, 0.05) is 36.4 Å². The van der Waals surface area contributed by atoms with Crippen molar-refractivity contribution in [1.29, 1.82) is 0 Å². The van der Waals surface area contributed by atoms with Crippen molar-refractivity contribution in [3.05, 3.63) is 72.6 Å². The predicted molar refractivity (Wildman–Crippen MR) is 105 cm³/mol. The fourth-order valence-corrected chi connectivity index (χ4v) is 2.96. The highest BCUT2D eigenvalue weighted by molar-refractivity contribution is 5.83. The van der Waals surface area contributed by atoms with E-state index in [4.69, 9.17) is 0 Å². The first-order valence-electron chi connectivity index (χ1n) is 8.58. The summed E-state index contributed by atoms with van der Waals surface area (Å²) in [6.07, 6.45) is 4.61. The number of aromatic nitrogens is 4. The van der Waals surface area contributed by atoms with E-state index in [1.165, 1.54) is 10.9 Å². The van der Waals surface area contributed by atoms with Crippen LogP contribution in [-0.2, 0) is 6.42 Å². The van der Waals surface area contributed by atoms with E-state index in [2.05, 4.69) is 49.9 Å². The zero-order valence-electron chi connectivity index (χ0n) is 14.6. The maximum atomic E-state index is 4.56. The summed E-state index contributed by atoms with van der Waals surface area (Å²) in [6.45, 7) is 0.738. The molecule has 0 saturated heterocycles. The third-order valence-electron chi connectivity index (χ3n) is 4.39. The molecule has 4 rings (SSSR count). The maximum absolute atomic E-state index is 4.56. The lowest BCUT2D eigenvalue weighted by molar-refractivity contribution is 0.917. The van der Waals surface area contributed by atoms with Crippen LogP contribution in [0.15, 0.2) is 67.0 Å². The van der Waals surface area contributed by atoms with Gasteiger partial charge >= 0.3 is 0 Å². The van der Waals surface area contributed by atoms with Gasteiger partial charge in [0.05, 0.1) is 6.20 Å². The molecule has 0 aliphatic heterocycles. The molecule has 0 saturated carbocycles. The number of benzene rings is 2. The Labute approximate surface area is 151 Å². The highest BCUT2D eigenvalue weighted by Gasteiger charge is 2.08. The molecule has 26 heavy (non-hydrogen) atoms. The van der Waals surface area contributed by atoms with Crippen LogP contribution in [0.1, 0.15) is 5.56 Å². The number of H-pyrrole nitrogens is 1. The summed E-state index contributed by atoms with van der Waals surface area (Å²) in [5.41, 5.74) is 3.49. The summed E-state index contributed by atoms with van der Waals surface area (Å²) in [5, 5.41) is 12.7. The molecule has 0 spiro atoms. The number of hydrogen-bond donors (Lipinski definition) is 2. The Kier molecular flexibility index (Phi) is 4.47. The minimum Gasteiger partial charge on any atom is -0.361 e. The van der Waals surface area contributed by atoms with Crippen LogP contribution >= 0.6 is 0 Å². The summed E-state index contributed by atoms with van der Waals surface area (Å²) < 4.78 is 0. The van der Waals surface area contributed by atoms with Crippen molar-refractivity contribution in [3.8, 4) is 0 Å². The molecule has 2 aromatic carbocycles. The zero-order chi connectivity index (χ0) is 17.8. The Balaban J connectivity index is 1.43. The van der Waals surface area contributed by atoms with Crippen LogP contribution in [0, 0.1) is 0 Å². The Hall–Kier alpha value is -3.41. The van der Waals surface area contributed by atoms with Crippen molar-refractivity contribution in [2.45, 2.75) is 6.42 Å². The van der Waals surface area contributed by atoms with E-state index in [0.29, 0.717) is 5.95 Å². The van der Waals surface area contributed by atoms with Gasteiger partial charge in [0.15, 0.2) is 5.82 Å². The van der Waals surface area contributed by atoms with Gasteiger partial charge in [0.25, 0.3) is 0 Å². The molecule has 0 atom stereocenters. The van der Waals surface area contributed by atoms with Crippen LogP contribution in [0.4, 0.5) is 17.5 Å². The van der Waals surface area contributed by atoms with Crippen molar-refractivity contribution in [2.75, 3.05) is 23.8 Å². The van der Waals surface area contributed by atoms with Crippen LogP contribution < -0.4 is 10.2 Å². The average molecular weight is 344 g/mol. The van der Waals surface area contributed by atoms with Gasteiger partial charge in [0.2, 0.25) is 5.95 Å². The standard InChI is InChI=1S/C20H20N6/c1-26(16-7-3-2-4-8-16)19-14-23-25-20(24-19)21-12-11-15-13-22-18-10-6-5-9-17(15)18/h2-10,13-14,22H,11-12H2,1H3,(H,21,24,25). The Morgan fingerprint density at radius 3 is 2.73 bits per heavy atom. The van der Waals surface area contributed by atoms with E-state index >= 15 is 0 Å². The third kappa shape index (κ3) is 3.35. The highest BCUT2D eigenvalue weighted by Crippen LogP contribution is 2.21. The minimum absolute atomic E-state index is 0.533. The molecule has 0 aliphatic rings. The molecule has 4 aromatic rings. The summed E-state index contributed by atoms with van der Waals surface area (Å²) in [4.78, 5) is 9.85. The molecule has 0 bridgehead atoms. The monoisotopic (exact) mass is 344 g/mol. The van der Waals surface area contributed by atoms with Gasteiger partial charge < -0.3 is 15.2 Å². The lowest BCUT2D eigenvalue weighted by Crippen LogP contribution is -2.14. The largest absolute Gasteiger partial charge is 0.361 e. The number of anilines is 3. The molecular formula is C20H20N6. The maximum Gasteiger partial charge on any atom is 0.244 e. The number of aromatic amines is 1. The fourth-order valence-electron chi connectivity index (χ4n) is 2.96. The van der Waals surface area contributed by atoms with E-state index in [0.717, 1.165) is 30.0 Å². The molecule has 2 heterocycles. The van der Waals surface area contributed by atoms with Crippen molar-refractivity contribution >= 4 is 28.4 Å². The van der Waals surface area contributed by atoms with Gasteiger partial charge in [-0.1, -0.05) is 36.4 Å². The Bertz CT molecular complexity index is 995. The normalized spacial score (nSPS) is 10.8. The first-order valence-corrected chi connectivity index (χ1v) is 8.58. The molecule has 130 valence electrons. The molecule has 6 nitrogen and oxygen atoms in total. The topological polar surface area (TPSA) is 69.7 Å². The molecule has 0 radical (unpaired) electrons. The van der Waals surface area contributed by atoms with Gasteiger partial charge in [-0.15, -0.1) is 5.10 Å². The molecular weight excluding hydrogens is 324 g/mol. The Morgan fingerprint density at radius 1 is 1.04 bits per heavy atom. The predicted octanol–water partition coefficient (Wildman–Crippen LogP) is 3.78. The molecule has 6 heteroatoms. The number of nitrogens with zero attached hydrogens (tertiary/aromatic N) is 4. The average Bonchev–Trinajstić information content (AvgIpc) is 3.12. The minimum atomic E-state index is 0.533. The van der Waals surface area contributed by atoms with Gasteiger partial charge in [-0.05, 0) is 30.2 Å². The second kappa shape index (κ2) is 7.23. The first kappa shape index (κ1) is 16.1. The Morgan fingerprint density at radius 2 is 1.85 bits per heavy atom. The highest BCUT2D eigenvalue weighted by atomic mass is 15.3. The smallest absolute Gasteiger partial charge is 0.244 e. The van der Waals surface area contributed by atoms with Crippen LogP contribution in [0.5, 0.6) is 0 Å². The van der Waals surface area contributed by atoms with Gasteiger partial charge in [0.1, 0.15) is 0 Å². The van der Waals surface area contributed by atoms with Crippen molar-refractivity contribution in [1.82, 2.24) is 20.2 Å². The molecule has 2 aromatic heterocycles. The van der Waals surface area contributed by atoms with E-state index in [9.17, 15) is 0 Å². The zero-order valence-corrected chi connectivity index (χ0v) is 14.6. The first-order chi connectivity index (χ1) is 12.8. The molecule has 2 N–H and O–H groups in total. The molecule has 0 amide bonds. The second-order valence-corrected chi connectivity index (χ2v) is 6.07. The SMILES string of the molecule is CN(c1ccccc1)c1cnnc(NCCc2c[nH]c3ccccc23)n1. The van der Waals surface area contributed by atoms with E-state index in [-0.39, 0.29) is 0 Å². The number of rotatable bonds is 6. The summed E-state index contributed by atoms with van der Waals surface area (Å²) in [7, 11) is 1.97. The number of para-hydroxylation sites is 2. The van der Waals surface area contributed by atoms with Crippen molar-refractivity contribution in [3.63, 3.8) is 0 Å². The number of fused-ring (bicyclic) bond motifs is 1. The van der Waals surface area contributed by atoms with Crippen LogP contribution in [0.25, 0.3) is 10.9 Å². The van der Waals surface area contributed by atoms with Gasteiger partial charge in [-0.3, -0.25) is 0 Å². The van der Waals surface area contributed by atoms with E-state index < -0.39 is 0 Å². The second-order valence-electron chi connectivity index (χ2n) is 6.07. The van der Waals surface area contributed by atoms with E-state index in [1.54, 1.807) is 6.20 Å².